The van der Waals surface area contributed by atoms with Crippen LogP contribution in [0.1, 0.15) is 49.1 Å². The molecular formula is C23H30N2. The molecule has 2 aromatic carbocycles. The highest BCUT2D eigenvalue weighted by molar-refractivity contribution is 5.58. The molecule has 1 unspecified atom stereocenters. The summed E-state index contributed by atoms with van der Waals surface area (Å²) in [6.07, 6.45) is 6.70. The van der Waals surface area contributed by atoms with Gasteiger partial charge in [-0.25, -0.2) is 0 Å². The van der Waals surface area contributed by atoms with Crippen molar-refractivity contribution in [3.63, 3.8) is 0 Å². The summed E-state index contributed by atoms with van der Waals surface area (Å²) in [6.45, 7) is 6.15. The van der Waals surface area contributed by atoms with Crippen LogP contribution in [0, 0.1) is 0 Å². The van der Waals surface area contributed by atoms with E-state index in [0.717, 1.165) is 0 Å². The summed E-state index contributed by atoms with van der Waals surface area (Å²) in [4.78, 5) is 5.30. The lowest BCUT2D eigenvalue weighted by Gasteiger charge is -2.31. The zero-order valence-corrected chi connectivity index (χ0v) is 15.2. The van der Waals surface area contributed by atoms with Crippen LogP contribution in [0.25, 0.3) is 0 Å². The highest BCUT2D eigenvalue weighted by atomic mass is 15.2. The quantitative estimate of drug-likeness (QED) is 0.784. The summed E-state index contributed by atoms with van der Waals surface area (Å²) in [6, 6.07) is 20.2. The molecular weight excluding hydrogens is 304 g/mol. The van der Waals surface area contributed by atoms with E-state index in [1.807, 2.05) is 0 Å². The van der Waals surface area contributed by atoms with Gasteiger partial charge in [0.1, 0.15) is 0 Å². The van der Waals surface area contributed by atoms with Crippen molar-refractivity contribution in [2.45, 2.75) is 38.0 Å². The van der Waals surface area contributed by atoms with E-state index in [9.17, 15) is 0 Å². The lowest BCUT2D eigenvalue weighted by Crippen LogP contribution is -2.38. The van der Waals surface area contributed by atoms with E-state index in [0.29, 0.717) is 5.92 Å². The Morgan fingerprint density at radius 2 is 1.48 bits per heavy atom. The molecule has 0 saturated carbocycles. The van der Waals surface area contributed by atoms with Crippen LogP contribution in [-0.2, 0) is 0 Å². The Morgan fingerprint density at radius 1 is 0.720 bits per heavy atom. The molecule has 0 spiro atoms. The monoisotopic (exact) mass is 334 g/mol. The molecule has 4 rings (SSSR count). The van der Waals surface area contributed by atoms with Gasteiger partial charge in [0.25, 0.3) is 0 Å². The molecule has 25 heavy (non-hydrogen) atoms. The molecule has 1 saturated heterocycles. The van der Waals surface area contributed by atoms with Gasteiger partial charge in [0.15, 0.2) is 0 Å². The molecule has 2 heteroatoms. The van der Waals surface area contributed by atoms with Gasteiger partial charge in [-0.05, 0) is 56.0 Å². The number of rotatable bonds is 4. The van der Waals surface area contributed by atoms with Gasteiger partial charge in [0, 0.05) is 31.2 Å². The second kappa shape index (κ2) is 8.05. The third-order valence-electron chi connectivity index (χ3n) is 5.91. The number of nitrogens with zero attached hydrogens (tertiary/aromatic N) is 2. The molecule has 0 bridgehead atoms. The minimum Gasteiger partial charge on any atom is -0.370 e. The minimum atomic E-state index is 0.539. The summed E-state index contributed by atoms with van der Waals surface area (Å²) in [5, 5.41) is 0. The molecule has 0 radical (unpaired) electrons. The second-order valence-corrected chi connectivity index (χ2v) is 7.55. The molecule has 132 valence electrons. The van der Waals surface area contributed by atoms with Gasteiger partial charge in [-0.2, -0.15) is 0 Å². The number of fused-ring (bicyclic) bond motifs is 1. The van der Waals surface area contributed by atoms with Crippen molar-refractivity contribution >= 4 is 5.69 Å². The van der Waals surface area contributed by atoms with Crippen LogP contribution in [0.3, 0.4) is 0 Å². The Bertz CT molecular complexity index is 661. The largest absolute Gasteiger partial charge is 0.370 e. The summed E-state index contributed by atoms with van der Waals surface area (Å²) in [5.74, 6) is 0.539. The molecule has 0 N–H and O–H groups in total. The van der Waals surface area contributed by atoms with E-state index < -0.39 is 0 Å². The summed E-state index contributed by atoms with van der Waals surface area (Å²) in [5.41, 5.74) is 4.45. The Balaban J connectivity index is 1.54. The molecule has 0 aliphatic carbocycles. The standard InChI is InChI=1S/C23H30N2/c1-3-10-20(11-4-1)21-13-9-17-25(23-14-6-5-12-22(21)23)19-18-24-15-7-2-8-16-24/h1,3-6,10-12,14,21H,2,7-9,13,15-19H2. The number of benzene rings is 2. The fraction of sp³-hybridized carbons (Fsp3) is 0.478. The molecule has 1 atom stereocenters. The van der Waals surface area contributed by atoms with Crippen molar-refractivity contribution in [3.8, 4) is 0 Å². The predicted molar refractivity (Wildman–Crippen MR) is 106 cm³/mol. The van der Waals surface area contributed by atoms with Crippen LogP contribution in [0.5, 0.6) is 0 Å². The average molecular weight is 335 g/mol. The number of para-hydroxylation sites is 1. The first-order chi connectivity index (χ1) is 12.4. The zero-order valence-electron chi connectivity index (χ0n) is 15.2. The number of hydrogen-bond acceptors (Lipinski definition) is 2. The number of anilines is 1. The second-order valence-electron chi connectivity index (χ2n) is 7.55. The minimum absolute atomic E-state index is 0.539. The smallest absolute Gasteiger partial charge is 0.0405 e. The van der Waals surface area contributed by atoms with Crippen LogP contribution in [0.2, 0.25) is 0 Å². The van der Waals surface area contributed by atoms with Crippen LogP contribution < -0.4 is 4.90 Å². The first-order valence-electron chi connectivity index (χ1n) is 10.0. The average Bonchev–Trinajstić information content (AvgIpc) is 2.87. The maximum Gasteiger partial charge on any atom is 0.0405 e. The van der Waals surface area contributed by atoms with Crippen molar-refractivity contribution in [1.29, 1.82) is 0 Å². The van der Waals surface area contributed by atoms with E-state index in [1.54, 1.807) is 0 Å². The van der Waals surface area contributed by atoms with Crippen molar-refractivity contribution < 1.29 is 0 Å². The van der Waals surface area contributed by atoms with Crippen molar-refractivity contribution in [2.75, 3.05) is 37.6 Å². The molecule has 0 aromatic heterocycles. The zero-order chi connectivity index (χ0) is 16.9. The number of piperidine rings is 1. The molecule has 2 nitrogen and oxygen atoms in total. The summed E-state index contributed by atoms with van der Waals surface area (Å²) < 4.78 is 0. The maximum absolute atomic E-state index is 2.66. The third kappa shape index (κ3) is 3.90. The van der Waals surface area contributed by atoms with E-state index in [4.69, 9.17) is 0 Å². The topological polar surface area (TPSA) is 6.48 Å². The van der Waals surface area contributed by atoms with E-state index >= 15 is 0 Å². The van der Waals surface area contributed by atoms with Gasteiger partial charge >= 0.3 is 0 Å². The predicted octanol–water partition coefficient (Wildman–Crippen LogP) is 4.90. The first-order valence-corrected chi connectivity index (χ1v) is 10.0. The maximum atomic E-state index is 2.66. The fourth-order valence-electron chi connectivity index (χ4n) is 4.54. The van der Waals surface area contributed by atoms with Gasteiger partial charge in [0.05, 0.1) is 0 Å². The van der Waals surface area contributed by atoms with Crippen molar-refractivity contribution in [1.82, 2.24) is 4.90 Å². The number of hydrogen-bond donors (Lipinski definition) is 0. The highest BCUT2D eigenvalue weighted by Gasteiger charge is 2.24. The number of likely N-dealkylation sites (tertiary alicyclic amines) is 1. The van der Waals surface area contributed by atoms with Crippen molar-refractivity contribution in [3.05, 3.63) is 65.7 Å². The lowest BCUT2D eigenvalue weighted by atomic mass is 9.87. The Kier molecular flexibility index (Phi) is 5.37. The van der Waals surface area contributed by atoms with Crippen LogP contribution in [0.15, 0.2) is 54.6 Å². The van der Waals surface area contributed by atoms with Gasteiger partial charge < -0.3 is 9.80 Å². The summed E-state index contributed by atoms with van der Waals surface area (Å²) in [7, 11) is 0. The molecule has 2 aliphatic rings. The first kappa shape index (κ1) is 16.7. The lowest BCUT2D eigenvalue weighted by molar-refractivity contribution is 0.233. The van der Waals surface area contributed by atoms with Gasteiger partial charge in [-0.15, -0.1) is 0 Å². The van der Waals surface area contributed by atoms with Gasteiger partial charge in [-0.1, -0.05) is 55.0 Å². The van der Waals surface area contributed by atoms with Crippen LogP contribution >= 0.6 is 0 Å². The third-order valence-corrected chi connectivity index (χ3v) is 5.91. The fourth-order valence-corrected chi connectivity index (χ4v) is 4.54. The van der Waals surface area contributed by atoms with Crippen LogP contribution in [0.4, 0.5) is 5.69 Å². The van der Waals surface area contributed by atoms with Gasteiger partial charge in [0.2, 0.25) is 0 Å². The van der Waals surface area contributed by atoms with E-state index in [1.165, 1.54) is 81.6 Å². The Hall–Kier alpha value is -1.80. The summed E-state index contributed by atoms with van der Waals surface area (Å²) >= 11 is 0. The molecule has 2 aromatic rings. The molecule has 0 amide bonds. The Labute approximate surface area is 152 Å². The highest BCUT2D eigenvalue weighted by Crippen LogP contribution is 2.38. The normalized spacial score (nSPS) is 21.6. The molecule has 2 aliphatic heterocycles. The van der Waals surface area contributed by atoms with E-state index in [-0.39, 0.29) is 0 Å². The molecule has 2 heterocycles. The Morgan fingerprint density at radius 3 is 2.32 bits per heavy atom. The van der Waals surface area contributed by atoms with E-state index in [2.05, 4.69) is 64.4 Å². The van der Waals surface area contributed by atoms with Crippen LogP contribution in [-0.4, -0.2) is 37.6 Å². The molecule has 1 fully saturated rings. The SMILES string of the molecule is c1ccc(C2CCCN(CCN3CCCCC3)c3ccccc32)cc1. The van der Waals surface area contributed by atoms with Crippen molar-refractivity contribution in [2.24, 2.45) is 0 Å². The van der Waals surface area contributed by atoms with Gasteiger partial charge in [-0.3, -0.25) is 0 Å².